The van der Waals surface area contributed by atoms with Gasteiger partial charge in [0.1, 0.15) is 11.3 Å². The molecule has 0 spiro atoms. The van der Waals surface area contributed by atoms with Gasteiger partial charge < -0.3 is 9.51 Å². The molecule has 1 unspecified atom stereocenters. The molecule has 0 aliphatic heterocycles. The lowest BCUT2D eigenvalue weighted by molar-refractivity contribution is 0.0755. The number of aliphatic hydroxyl groups is 1. The number of imidazole rings is 1. The van der Waals surface area contributed by atoms with Crippen molar-refractivity contribution in [3.63, 3.8) is 0 Å². The summed E-state index contributed by atoms with van der Waals surface area (Å²) in [6.07, 6.45) is 11.2. The van der Waals surface area contributed by atoms with Crippen molar-refractivity contribution in [2.24, 2.45) is 5.92 Å². The van der Waals surface area contributed by atoms with Gasteiger partial charge in [0.05, 0.1) is 29.8 Å². The Kier molecular flexibility index (Phi) is 4.53. The minimum Gasteiger partial charge on any atom is -0.387 e. The number of aliphatic hydroxyl groups excluding tert-OH is 1. The third-order valence-electron chi connectivity index (χ3n) is 7.37. The number of fused-ring (bicyclic) bond motifs is 2. The van der Waals surface area contributed by atoms with Crippen LogP contribution in [0.3, 0.4) is 0 Å². The standard InChI is InChI=1S/C26H26FN3O/c27-23-12-11-20(22-2-1-13-29-24(22)23)16-5-7-18(8-6-16)26(31)25-21(17-3-4-17)10-9-19-14-28-15-30(19)25/h1-2,9-18,26,31H,3-8H2. The maximum atomic E-state index is 14.2. The van der Waals surface area contributed by atoms with Crippen LogP contribution in [-0.4, -0.2) is 19.5 Å². The Bertz CT molecular complexity index is 1250. The zero-order valence-electron chi connectivity index (χ0n) is 17.4. The molecule has 6 rings (SSSR count). The summed E-state index contributed by atoms with van der Waals surface area (Å²) >= 11 is 0. The van der Waals surface area contributed by atoms with Gasteiger partial charge in [0.25, 0.3) is 0 Å². The van der Waals surface area contributed by atoms with Gasteiger partial charge in [0.2, 0.25) is 0 Å². The average Bonchev–Trinajstić information content (AvgIpc) is 3.55. The van der Waals surface area contributed by atoms with Gasteiger partial charge in [-0.1, -0.05) is 18.2 Å². The summed E-state index contributed by atoms with van der Waals surface area (Å²) in [7, 11) is 0. The molecule has 31 heavy (non-hydrogen) atoms. The molecular weight excluding hydrogens is 389 g/mol. The Balaban J connectivity index is 1.27. The van der Waals surface area contributed by atoms with Gasteiger partial charge in [-0.25, -0.2) is 9.37 Å². The minimum atomic E-state index is -0.485. The smallest absolute Gasteiger partial charge is 0.149 e. The van der Waals surface area contributed by atoms with Crippen LogP contribution in [0, 0.1) is 11.7 Å². The number of rotatable bonds is 4. The molecule has 4 aromatic rings. The van der Waals surface area contributed by atoms with E-state index in [1.165, 1.54) is 24.0 Å². The van der Waals surface area contributed by atoms with Gasteiger partial charge in [0.15, 0.2) is 0 Å². The molecule has 1 N–H and O–H groups in total. The molecule has 0 saturated heterocycles. The summed E-state index contributed by atoms with van der Waals surface area (Å²) < 4.78 is 16.3. The molecule has 2 fully saturated rings. The molecule has 3 heterocycles. The van der Waals surface area contributed by atoms with E-state index < -0.39 is 6.10 Å². The van der Waals surface area contributed by atoms with Crippen LogP contribution in [0.4, 0.5) is 4.39 Å². The number of nitrogens with zero attached hydrogens (tertiary/aromatic N) is 3. The van der Waals surface area contributed by atoms with Crippen LogP contribution < -0.4 is 0 Å². The largest absolute Gasteiger partial charge is 0.387 e. The molecule has 2 aliphatic carbocycles. The Morgan fingerprint density at radius 3 is 2.48 bits per heavy atom. The number of halogens is 1. The first kappa shape index (κ1) is 18.9. The lowest BCUT2D eigenvalue weighted by atomic mass is 9.75. The number of hydrogen-bond donors (Lipinski definition) is 1. The average molecular weight is 416 g/mol. The van der Waals surface area contributed by atoms with E-state index in [9.17, 15) is 9.50 Å². The van der Waals surface area contributed by atoms with E-state index >= 15 is 0 Å². The Morgan fingerprint density at radius 2 is 1.68 bits per heavy atom. The van der Waals surface area contributed by atoms with E-state index in [0.717, 1.165) is 42.3 Å². The van der Waals surface area contributed by atoms with Crippen molar-refractivity contribution in [3.8, 4) is 0 Å². The fraction of sp³-hybridized carbons (Fsp3) is 0.385. The highest BCUT2D eigenvalue weighted by atomic mass is 19.1. The van der Waals surface area contributed by atoms with Gasteiger partial charge >= 0.3 is 0 Å². The zero-order valence-corrected chi connectivity index (χ0v) is 17.4. The van der Waals surface area contributed by atoms with Crippen molar-refractivity contribution in [1.29, 1.82) is 0 Å². The third-order valence-corrected chi connectivity index (χ3v) is 7.37. The van der Waals surface area contributed by atoms with Crippen LogP contribution in [0.5, 0.6) is 0 Å². The summed E-state index contributed by atoms with van der Waals surface area (Å²) in [5, 5.41) is 12.4. The van der Waals surface area contributed by atoms with Crippen LogP contribution in [0.2, 0.25) is 0 Å². The SMILES string of the molecule is OC(c1c(C2CC2)ccc2cncn12)C1CCC(c2ccc(F)c3ncccc23)CC1. The molecular formula is C26H26FN3O. The molecule has 2 aliphatic rings. The molecule has 2 saturated carbocycles. The topological polar surface area (TPSA) is 50.4 Å². The van der Waals surface area contributed by atoms with E-state index in [2.05, 4.69) is 26.5 Å². The normalized spacial score (nSPS) is 22.8. The van der Waals surface area contributed by atoms with Gasteiger partial charge in [-0.05, 0) is 85.6 Å². The molecule has 0 amide bonds. The highest BCUT2D eigenvalue weighted by Gasteiger charge is 2.34. The molecule has 1 atom stereocenters. The van der Waals surface area contributed by atoms with E-state index in [1.807, 2.05) is 30.7 Å². The van der Waals surface area contributed by atoms with Crippen molar-refractivity contribution in [3.05, 3.63) is 77.8 Å². The summed E-state index contributed by atoms with van der Waals surface area (Å²) in [6.45, 7) is 0. The first-order chi connectivity index (χ1) is 15.2. The zero-order chi connectivity index (χ0) is 20.9. The molecule has 0 bridgehead atoms. The monoisotopic (exact) mass is 415 g/mol. The van der Waals surface area contributed by atoms with Crippen molar-refractivity contribution in [2.45, 2.75) is 56.5 Å². The maximum absolute atomic E-state index is 14.2. The minimum absolute atomic E-state index is 0.228. The van der Waals surface area contributed by atoms with Gasteiger partial charge in [-0.2, -0.15) is 0 Å². The number of aromatic nitrogens is 3. The van der Waals surface area contributed by atoms with Crippen molar-refractivity contribution < 1.29 is 9.50 Å². The summed E-state index contributed by atoms with van der Waals surface area (Å²) in [6, 6.07) is 11.6. The number of benzene rings is 1. The van der Waals surface area contributed by atoms with Crippen molar-refractivity contribution in [2.75, 3.05) is 0 Å². The molecule has 158 valence electrons. The quantitative estimate of drug-likeness (QED) is 0.451. The second-order valence-electron chi connectivity index (χ2n) is 9.23. The first-order valence-corrected chi connectivity index (χ1v) is 11.4. The fourth-order valence-corrected chi connectivity index (χ4v) is 5.57. The van der Waals surface area contributed by atoms with E-state index in [-0.39, 0.29) is 11.7 Å². The molecule has 4 nitrogen and oxygen atoms in total. The Hall–Kier alpha value is -2.79. The van der Waals surface area contributed by atoms with Crippen LogP contribution in [0.15, 0.2) is 55.1 Å². The second kappa shape index (κ2) is 7.41. The molecule has 1 aromatic carbocycles. The van der Waals surface area contributed by atoms with E-state index in [0.29, 0.717) is 17.4 Å². The molecule has 5 heteroatoms. The highest BCUT2D eigenvalue weighted by molar-refractivity contribution is 5.83. The summed E-state index contributed by atoms with van der Waals surface area (Å²) in [4.78, 5) is 8.56. The van der Waals surface area contributed by atoms with Crippen molar-refractivity contribution >= 4 is 16.4 Å². The van der Waals surface area contributed by atoms with Crippen molar-refractivity contribution in [1.82, 2.24) is 14.4 Å². The van der Waals surface area contributed by atoms with Crippen LogP contribution >= 0.6 is 0 Å². The Morgan fingerprint density at radius 1 is 0.935 bits per heavy atom. The molecule has 0 radical (unpaired) electrons. The van der Waals surface area contributed by atoms with Crippen LogP contribution in [-0.2, 0) is 0 Å². The predicted molar refractivity (Wildman–Crippen MR) is 119 cm³/mol. The Labute approximate surface area is 180 Å². The summed E-state index contributed by atoms with van der Waals surface area (Å²) in [5.74, 6) is 0.921. The first-order valence-electron chi connectivity index (χ1n) is 11.4. The second-order valence-corrected chi connectivity index (χ2v) is 9.23. The van der Waals surface area contributed by atoms with Crippen LogP contribution in [0.25, 0.3) is 16.4 Å². The lowest BCUT2D eigenvalue weighted by Gasteiger charge is -2.33. The highest BCUT2D eigenvalue weighted by Crippen LogP contribution is 2.47. The predicted octanol–water partition coefficient (Wildman–Crippen LogP) is 5.91. The maximum Gasteiger partial charge on any atom is 0.149 e. The van der Waals surface area contributed by atoms with E-state index in [4.69, 9.17) is 0 Å². The summed E-state index contributed by atoms with van der Waals surface area (Å²) in [5.41, 5.74) is 5.02. The number of hydrogen-bond acceptors (Lipinski definition) is 3. The third kappa shape index (κ3) is 3.23. The lowest BCUT2D eigenvalue weighted by Crippen LogP contribution is -2.22. The van der Waals surface area contributed by atoms with Crippen LogP contribution in [0.1, 0.15) is 73.3 Å². The molecule has 3 aromatic heterocycles. The van der Waals surface area contributed by atoms with Gasteiger partial charge in [-0.15, -0.1) is 0 Å². The van der Waals surface area contributed by atoms with Gasteiger partial charge in [-0.3, -0.25) is 4.98 Å². The number of pyridine rings is 2. The van der Waals surface area contributed by atoms with Gasteiger partial charge in [0, 0.05) is 11.6 Å². The van der Waals surface area contributed by atoms with E-state index in [1.54, 1.807) is 12.3 Å². The fourth-order valence-electron chi connectivity index (χ4n) is 5.57.